The van der Waals surface area contributed by atoms with Gasteiger partial charge in [0.05, 0.1) is 24.1 Å². The summed E-state index contributed by atoms with van der Waals surface area (Å²) in [6.07, 6.45) is 2.12. The second kappa shape index (κ2) is 11.7. The predicted octanol–water partition coefficient (Wildman–Crippen LogP) is 5.65. The summed E-state index contributed by atoms with van der Waals surface area (Å²) < 4.78 is 7.03. The van der Waals surface area contributed by atoms with E-state index in [1.54, 1.807) is 35.9 Å². The molecule has 0 saturated carbocycles. The Balaban J connectivity index is 1.81. The van der Waals surface area contributed by atoms with Crippen molar-refractivity contribution in [3.8, 4) is 5.75 Å². The molecule has 0 saturated heterocycles. The molecule has 0 N–H and O–H groups in total. The van der Waals surface area contributed by atoms with Crippen molar-refractivity contribution in [3.63, 3.8) is 0 Å². The molecule has 0 fully saturated rings. The van der Waals surface area contributed by atoms with Crippen LogP contribution in [0.2, 0.25) is 0 Å². The van der Waals surface area contributed by atoms with Gasteiger partial charge in [-0.15, -0.1) is 0 Å². The van der Waals surface area contributed by atoms with Gasteiger partial charge in [0.2, 0.25) is 0 Å². The summed E-state index contributed by atoms with van der Waals surface area (Å²) in [4.78, 5) is 34.2. The van der Waals surface area contributed by atoms with Crippen LogP contribution in [0.4, 0.5) is 0 Å². The maximum Gasteiger partial charge on any atom is 0.261 e. The number of benzene rings is 3. The van der Waals surface area contributed by atoms with Crippen molar-refractivity contribution in [2.24, 2.45) is 0 Å². The van der Waals surface area contributed by atoms with E-state index in [0.29, 0.717) is 54.0 Å². The first-order valence-electron chi connectivity index (χ1n) is 12.6. The molecule has 1 heterocycles. The first-order chi connectivity index (χ1) is 17.6. The van der Waals surface area contributed by atoms with E-state index in [1.165, 1.54) is 0 Å². The van der Waals surface area contributed by atoms with Crippen LogP contribution in [-0.2, 0) is 13.0 Å². The molecule has 6 heteroatoms. The van der Waals surface area contributed by atoms with Crippen LogP contribution in [0.15, 0.2) is 83.7 Å². The molecule has 0 aliphatic rings. The summed E-state index contributed by atoms with van der Waals surface area (Å²) in [5.41, 5.74) is 2.32. The number of para-hydroxylation sites is 1. The van der Waals surface area contributed by atoms with Crippen molar-refractivity contribution in [3.05, 3.63) is 106 Å². The van der Waals surface area contributed by atoms with E-state index in [2.05, 4.69) is 12.1 Å². The molecule has 6 nitrogen and oxygen atoms in total. The summed E-state index contributed by atoms with van der Waals surface area (Å²) >= 11 is 0. The quantitative estimate of drug-likeness (QED) is 0.292. The summed E-state index contributed by atoms with van der Waals surface area (Å²) in [5.74, 6) is 1.24. The van der Waals surface area contributed by atoms with Gasteiger partial charge in [0.25, 0.3) is 11.5 Å². The molecular weight excluding hydrogens is 450 g/mol. The number of hydrogen-bond acceptors (Lipinski definition) is 4. The molecule has 0 spiro atoms. The third-order valence-electron chi connectivity index (χ3n) is 6.48. The molecular formula is C30H33N3O3. The average Bonchev–Trinajstić information content (AvgIpc) is 2.93. The molecule has 4 aromatic rings. The van der Waals surface area contributed by atoms with Gasteiger partial charge in [-0.3, -0.25) is 14.2 Å². The fourth-order valence-electron chi connectivity index (χ4n) is 4.61. The second-order valence-electron chi connectivity index (χ2n) is 8.83. The van der Waals surface area contributed by atoms with Gasteiger partial charge < -0.3 is 9.64 Å². The molecule has 0 bridgehead atoms. The van der Waals surface area contributed by atoms with E-state index in [9.17, 15) is 9.59 Å². The van der Waals surface area contributed by atoms with Gasteiger partial charge in [-0.2, -0.15) is 0 Å². The van der Waals surface area contributed by atoms with Crippen LogP contribution in [0, 0.1) is 0 Å². The van der Waals surface area contributed by atoms with E-state index in [0.717, 1.165) is 12.0 Å². The molecule has 1 unspecified atom stereocenters. The van der Waals surface area contributed by atoms with Gasteiger partial charge >= 0.3 is 0 Å². The standard InChI is InChI=1S/C30H33N3O3/c1-4-20-33-28(31-26-14-10-9-13-25(26)30(33)35)27(5-2)32(21-19-22-11-7-6-8-12-22)29(34)23-15-17-24(36-3)18-16-23/h6-18,27H,4-5,19-21H2,1-3H3. The maximum atomic E-state index is 13.9. The molecule has 4 rings (SSSR count). The first-order valence-corrected chi connectivity index (χ1v) is 12.6. The Hall–Kier alpha value is -3.93. The highest BCUT2D eigenvalue weighted by Crippen LogP contribution is 2.27. The lowest BCUT2D eigenvalue weighted by Gasteiger charge is -2.32. The first kappa shape index (κ1) is 25.2. The third kappa shape index (κ3) is 5.33. The monoisotopic (exact) mass is 483 g/mol. The Morgan fingerprint density at radius 1 is 0.972 bits per heavy atom. The Morgan fingerprint density at radius 3 is 2.33 bits per heavy atom. The van der Waals surface area contributed by atoms with E-state index in [-0.39, 0.29) is 17.5 Å². The summed E-state index contributed by atoms with van der Waals surface area (Å²) in [6.45, 7) is 5.13. The lowest BCUT2D eigenvalue weighted by Crippen LogP contribution is -2.40. The van der Waals surface area contributed by atoms with Crippen molar-refractivity contribution in [2.75, 3.05) is 13.7 Å². The molecule has 36 heavy (non-hydrogen) atoms. The lowest BCUT2D eigenvalue weighted by atomic mass is 10.1. The van der Waals surface area contributed by atoms with Gasteiger partial charge in [0.1, 0.15) is 11.6 Å². The molecule has 0 radical (unpaired) electrons. The Kier molecular flexibility index (Phi) is 8.16. The molecule has 3 aromatic carbocycles. The van der Waals surface area contributed by atoms with Crippen LogP contribution < -0.4 is 10.3 Å². The number of ether oxygens (including phenoxy) is 1. The van der Waals surface area contributed by atoms with Crippen molar-refractivity contribution in [1.29, 1.82) is 0 Å². The second-order valence-corrected chi connectivity index (χ2v) is 8.83. The van der Waals surface area contributed by atoms with Gasteiger partial charge in [0, 0.05) is 18.7 Å². The van der Waals surface area contributed by atoms with Gasteiger partial charge in [-0.1, -0.05) is 56.3 Å². The normalized spacial score (nSPS) is 11.9. The number of fused-ring (bicyclic) bond motifs is 1. The Bertz CT molecular complexity index is 1360. The molecule has 0 aliphatic carbocycles. The van der Waals surface area contributed by atoms with E-state index >= 15 is 0 Å². The number of carbonyl (C=O) groups excluding carboxylic acids is 1. The maximum absolute atomic E-state index is 13.9. The molecule has 1 amide bonds. The van der Waals surface area contributed by atoms with E-state index in [4.69, 9.17) is 9.72 Å². The van der Waals surface area contributed by atoms with Crippen LogP contribution in [0.1, 0.15) is 54.5 Å². The molecule has 0 aliphatic heterocycles. The number of aromatic nitrogens is 2. The third-order valence-corrected chi connectivity index (χ3v) is 6.48. The van der Waals surface area contributed by atoms with E-state index < -0.39 is 0 Å². The van der Waals surface area contributed by atoms with Gasteiger partial charge in [-0.25, -0.2) is 4.98 Å². The molecule has 1 atom stereocenters. The fourth-order valence-corrected chi connectivity index (χ4v) is 4.61. The van der Waals surface area contributed by atoms with Gasteiger partial charge in [-0.05, 0) is 61.2 Å². The van der Waals surface area contributed by atoms with Crippen molar-refractivity contribution in [1.82, 2.24) is 14.5 Å². The number of rotatable bonds is 10. The zero-order valence-corrected chi connectivity index (χ0v) is 21.2. The minimum absolute atomic E-state index is 0.0594. The molecule has 186 valence electrons. The van der Waals surface area contributed by atoms with Crippen LogP contribution in [0.5, 0.6) is 5.75 Å². The predicted molar refractivity (Wildman–Crippen MR) is 144 cm³/mol. The van der Waals surface area contributed by atoms with Gasteiger partial charge in [0.15, 0.2) is 0 Å². The SMILES string of the molecule is CCCn1c(C(CC)N(CCc2ccccc2)C(=O)c2ccc(OC)cc2)nc2ccccc2c1=O. The van der Waals surface area contributed by atoms with Crippen LogP contribution in [-0.4, -0.2) is 34.0 Å². The summed E-state index contributed by atoms with van der Waals surface area (Å²) in [6, 6.07) is 24.4. The van der Waals surface area contributed by atoms with Crippen molar-refractivity contribution < 1.29 is 9.53 Å². The largest absolute Gasteiger partial charge is 0.497 e. The van der Waals surface area contributed by atoms with Crippen LogP contribution >= 0.6 is 0 Å². The smallest absolute Gasteiger partial charge is 0.261 e. The Labute approximate surface area is 212 Å². The number of hydrogen-bond donors (Lipinski definition) is 0. The van der Waals surface area contributed by atoms with Crippen LogP contribution in [0.25, 0.3) is 10.9 Å². The minimum atomic E-state index is -0.354. The topological polar surface area (TPSA) is 64.4 Å². The zero-order chi connectivity index (χ0) is 25.5. The number of carbonyl (C=O) groups is 1. The number of nitrogens with zero attached hydrogens (tertiary/aromatic N) is 3. The highest BCUT2D eigenvalue weighted by molar-refractivity contribution is 5.94. The minimum Gasteiger partial charge on any atom is -0.497 e. The van der Waals surface area contributed by atoms with Crippen molar-refractivity contribution in [2.45, 2.75) is 45.7 Å². The molecule has 1 aromatic heterocycles. The van der Waals surface area contributed by atoms with Crippen molar-refractivity contribution >= 4 is 16.8 Å². The highest BCUT2D eigenvalue weighted by atomic mass is 16.5. The zero-order valence-electron chi connectivity index (χ0n) is 21.2. The van der Waals surface area contributed by atoms with E-state index in [1.807, 2.05) is 61.2 Å². The average molecular weight is 484 g/mol. The fraction of sp³-hybridized carbons (Fsp3) is 0.300. The lowest BCUT2D eigenvalue weighted by molar-refractivity contribution is 0.0659. The number of methoxy groups -OCH3 is 1. The summed E-state index contributed by atoms with van der Waals surface area (Å²) in [5, 5.41) is 0.599. The Morgan fingerprint density at radius 2 is 1.67 bits per heavy atom. The summed E-state index contributed by atoms with van der Waals surface area (Å²) in [7, 11) is 1.61. The van der Waals surface area contributed by atoms with Crippen LogP contribution in [0.3, 0.4) is 0 Å². The number of amides is 1. The highest BCUT2D eigenvalue weighted by Gasteiger charge is 2.29.